The van der Waals surface area contributed by atoms with E-state index in [9.17, 15) is 8.78 Å². The van der Waals surface area contributed by atoms with Crippen molar-refractivity contribution in [2.75, 3.05) is 32.7 Å². The molecule has 0 amide bonds. The van der Waals surface area contributed by atoms with Crippen molar-refractivity contribution in [1.82, 2.24) is 10.2 Å². The zero-order valence-corrected chi connectivity index (χ0v) is 12.6. The number of nitrogens with one attached hydrogen (secondary N) is 1. The van der Waals surface area contributed by atoms with Crippen LogP contribution in [-0.4, -0.2) is 37.6 Å². The van der Waals surface area contributed by atoms with Crippen LogP contribution in [0.15, 0.2) is 22.7 Å². The van der Waals surface area contributed by atoms with Gasteiger partial charge in [0, 0.05) is 49.2 Å². The fourth-order valence-corrected chi connectivity index (χ4v) is 2.72. The van der Waals surface area contributed by atoms with Gasteiger partial charge in [-0.25, -0.2) is 8.78 Å². The number of aryl methyl sites for hydroxylation is 1. The molecular weight excluding hydrogens is 314 g/mol. The number of hydrogen-bond donors (Lipinski definition) is 1. The highest BCUT2D eigenvalue weighted by Crippen LogP contribution is 2.35. The van der Waals surface area contributed by atoms with Crippen molar-refractivity contribution in [1.29, 1.82) is 0 Å². The van der Waals surface area contributed by atoms with E-state index in [2.05, 4.69) is 26.1 Å². The van der Waals surface area contributed by atoms with Crippen molar-refractivity contribution in [3.05, 3.63) is 33.8 Å². The second kappa shape index (κ2) is 6.29. The van der Waals surface area contributed by atoms with E-state index in [1.807, 2.05) is 0 Å². The molecule has 0 aromatic heterocycles. The van der Waals surface area contributed by atoms with Gasteiger partial charge >= 0.3 is 0 Å². The highest BCUT2D eigenvalue weighted by Gasteiger charge is 2.33. The molecule has 0 aliphatic carbocycles. The van der Waals surface area contributed by atoms with Gasteiger partial charge in [0.25, 0.3) is 5.92 Å². The summed E-state index contributed by atoms with van der Waals surface area (Å²) in [6, 6.07) is 5.07. The first-order valence-electron chi connectivity index (χ1n) is 6.56. The minimum absolute atomic E-state index is 0.121. The SMILES string of the molecule is Cc1ccc(Br)cc1C(F)(F)CCN1CCNCC1. The molecule has 1 aliphatic rings. The van der Waals surface area contributed by atoms with Crippen molar-refractivity contribution in [3.63, 3.8) is 0 Å². The summed E-state index contributed by atoms with van der Waals surface area (Å²) in [6.45, 7) is 5.67. The van der Waals surface area contributed by atoms with Crippen LogP contribution in [0.25, 0.3) is 0 Å². The molecule has 0 unspecified atom stereocenters. The number of halogens is 3. The molecule has 1 aromatic rings. The summed E-state index contributed by atoms with van der Waals surface area (Å²) < 4.78 is 29.3. The Morgan fingerprint density at radius 3 is 2.68 bits per heavy atom. The van der Waals surface area contributed by atoms with Crippen LogP contribution in [0.3, 0.4) is 0 Å². The Morgan fingerprint density at radius 2 is 2.00 bits per heavy atom. The topological polar surface area (TPSA) is 15.3 Å². The maximum atomic E-state index is 14.3. The van der Waals surface area contributed by atoms with Crippen molar-refractivity contribution in [2.45, 2.75) is 19.3 Å². The molecule has 2 nitrogen and oxygen atoms in total. The van der Waals surface area contributed by atoms with Gasteiger partial charge in [0.05, 0.1) is 0 Å². The number of hydrogen-bond acceptors (Lipinski definition) is 2. The first-order chi connectivity index (χ1) is 8.99. The Morgan fingerprint density at radius 1 is 1.32 bits per heavy atom. The third-order valence-corrected chi connectivity index (χ3v) is 4.04. The highest BCUT2D eigenvalue weighted by atomic mass is 79.9. The average Bonchev–Trinajstić information content (AvgIpc) is 2.40. The van der Waals surface area contributed by atoms with Gasteiger partial charge in [0.15, 0.2) is 0 Å². The summed E-state index contributed by atoms with van der Waals surface area (Å²) in [5.74, 6) is -2.77. The van der Waals surface area contributed by atoms with Gasteiger partial charge in [0.2, 0.25) is 0 Å². The Labute approximate surface area is 121 Å². The van der Waals surface area contributed by atoms with Crippen LogP contribution < -0.4 is 5.32 Å². The highest BCUT2D eigenvalue weighted by molar-refractivity contribution is 9.10. The Kier molecular flexibility index (Phi) is 4.92. The quantitative estimate of drug-likeness (QED) is 0.911. The number of benzene rings is 1. The number of piperazine rings is 1. The van der Waals surface area contributed by atoms with Crippen LogP contribution in [0, 0.1) is 6.92 Å². The number of rotatable bonds is 4. The molecule has 2 rings (SSSR count). The lowest BCUT2D eigenvalue weighted by Gasteiger charge is -2.29. The van der Waals surface area contributed by atoms with E-state index < -0.39 is 5.92 Å². The smallest absolute Gasteiger partial charge is 0.274 e. The van der Waals surface area contributed by atoms with Crippen LogP contribution >= 0.6 is 15.9 Å². The first kappa shape index (κ1) is 14.9. The molecule has 19 heavy (non-hydrogen) atoms. The van der Waals surface area contributed by atoms with Crippen LogP contribution in [0.1, 0.15) is 17.5 Å². The molecule has 1 aromatic carbocycles. The van der Waals surface area contributed by atoms with E-state index in [-0.39, 0.29) is 12.0 Å². The molecule has 1 fully saturated rings. The minimum atomic E-state index is -2.77. The minimum Gasteiger partial charge on any atom is -0.314 e. The van der Waals surface area contributed by atoms with E-state index in [1.165, 1.54) is 6.07 Å². The van der Waals surface area contributed by atoms with E-state index in [0.29, 0.717) is 16.6 Å². The lowest BCUT2D eigenvalue weighted by molar-refractivity contribution is -0.0232. The standard InChI is InChI=1S/C14H19BrF2N2/c1-11-2-3-12(15)10-13(11)14(16,17)4-7-19-8-5-18-6-9-19/h2-3,10,18H,4-9H2,1H3. The predicted octanol–water partition coefficient (Wildman–Crippen LogP) is 3.14. The van der Waals surface area contributed by atoms with Gasteiger partial charge in [-0.05, 0) is 24.6 Å². The average molecular weight is 333 g/mol. The predicted molar refractivity (Wildman–Crippen MR) is 76.7 cm³/mol. The Bertz CT molecular complexity index is 431. The molecule has 0 radical (unpaired) electrons. The van der Waals surface area contributed by atoms with E-state index in [1.54, 1.807) is 19.1 Å². The van der Waals surface area contributed by atoms with E-state index >= 15 is 0 Å². The summed E-state index contributed by atoms with van der Waals surface area (Å²) >= 11 is 3.26. The summed E-state index contributed by atoms with van der Waals surface area (Å²) in [4.78, 5) is 2.09. The third kappa shape index (κ3) is 3.97. The normalized spacial score (nSPS) is 17.7. The maximum Gasteiger partial charge on any atom is 0.274 e. The molecule has 0 atom stereocenters. The second-order valence-electron chi connectivity index (χ2n) is 5.01. The van der Waals surface area contributed by atoms with Crippen LogP contribution in [-0.2, 0) is 5.92 Å². The fraction of sp³-hybridized carbons (Fsp3) is 0.571. The lowest BCUT2D eigenvalue weighted by Crippen LogP contribution is -2.44. The fourth-order valence-electron chi connectivity index (χ4n) is 2.36. The summed E-state index contributed by atoms with van der Waals surface area (Å²) in [5, 5.41) is 3.22. The molecule has 0 spiro atoms. The monoisotopic (exact) mass is 332 g/mol. The lowest BCUT2D eigenvalue weighted by atomic mass is 10.00. The second-order valence-corrected chi connectivity index (χ2v) is 5.92. The molecule has 1 heterocycles. The third-order valence-electron chi connectivity index (χ3n) is 3.55. The first-order valence-corrected chi connectivity index (χ1v) is 7.36. The van der Waals surface area contributed by atoms with Crippen molar-refractivity contribution >= 4 is 15.9 Å². The zero-order chi connectivity index (χ0) is 13.9. The molecule has 106 valence electrons. The molecule has 0 bridgehead atoms. The van der Waals surface area contributed by atoms with Crippen LogP contribution in [0.5, 0.6) is 0 Å². The van der Waals surface area contributed by atoms with E-state index in [4.69, 9.17) is 0 Å². The molecule has 0 saturated carbocycles. The van der Waals surface area contributed by atoms with Gasteiger partial charge in [0.1, 0.15) is 0 Å². The number of alkyl halides is 2. The van der Waals surface area contributed by atoms with Gasteiger partial charge in [-0.2, -0.15) is 0 Å². The molecule has 1 N–H and O–H groups in total. The summed E-state index contributed by atoms with van der Waals surface area (Å²) in [5.41, 5.74) is 0.783. The summed E-state index contributed by atoms with van der Waals surface area (Å²) in [7, 11) is 0. The molecule has 1 aliphatic heterocycles. The molecule has 1 saturated heterocycles. The Hall–Kier alpha value is -0.520. The molecular formula is C14H19BrF2N2. The van der Waals surface area contributed by atoms with Gasteiger partial charge in [-0.3, -0.25) is 0 Å². The zero-order valence-electron chi connectivity index (χ0n) is 11.1. The van der Waals surface area contributed by atoms with Gasteiger partial charge in [-0.1, -0.05) is 22.0 Å². The van der Waals surface area contributed by atoms with Crippen LogP contribution in [0.2, 0.25) is 0 Å². The van der Waals surface area contributed by atoms with Crippen LogP contribution in [0.4, 0.5) is 8.78 Å². The van der Waals surface area contributed by atoms with Gasteiger partial charge in [-0.15, -0.1) is 0 Å². The van der Waals surface area contributed by atoms with Gasteiger partial charge < -0.3 is 10.2 Å². The molecule has 5 heteroatoms. The van der Waals surface area contributed by atoms with Crippen molar-refractivity contribution in [2.24, 2.45) is 0 Å². The van der Waals surface area contributed by atoms with Crippen molar-refractivity contribution in [3.8, 4) is 0 Å². The largest absolute Gasteiger partial charge is 0.314 e. The van der Waals surface area contributed by atoms with E-state index in [0.717, 1.165) is 26.2 Å². The number of nitrogens with zero attached hydrogens (tertiary/aromatic N) is 1. The maximum absolute atomic E-state index is 14.3. The van der Waals surface area contributed by atoms with Crippen molar-refractivity contribution < 1.29 is 8.78 Å². The Balaban J connectivity index is 2.02. The summed E-state index contributed by atoms with van der Waals surface area (Å²) in [6.07, 6.45) is -0.121.